The molecule has 4 nitrogen and oxygen atoms in total. The highest BCUT2D eigenvalue weighted by Crippen LogP contribution is 2.38. The Balaban J connectivity index is 1.82. The highest BCUT2D eigenvalue weighted by atomic mass is 79.9. The van der Waals surface area contributed by atoms with Crippen LogP contribution < -0.4 is 11.1 Å². The van der Waals surface area contributed by atoms with Gasteiger partial charge in [-0.25, -0.2) is 4.98 Å². The summed E-state index contributed by atoms with van der Waals surface area (Å²) in [7, 11) is 0. The number of allylic oxidation sites excluding steroid dienone is 6. The van der Waals surface area contributed by atoms with E-state index in [0.717, 1.165) is 33.1 Å². The molecule has 0 bridgehead atoms. The van der Waals surface area contributed by atoms with Crippen molar-refractivity contribution in [2.45, 2.75) is 53.9 Å². The summed E-state index contributed by atoms with van der Waals surface area (Å²) in [6, 6.07) is 8.60. The third-order valence-corrected chi connectivity index (χ3v) is 7.60. The van der Waals surface area contributed by atoms with Crippen LogP contribution in [0, 0.1) is 19.8 Å². The molecule has 186 valence electrons. The van der Waals surface area contributed by atoms with Gasteiger partial charge in [-0.2, -0.15) is 4.98 Å². The molecule has 1 heterocycles. The molecular weight excluding hydrogens is 508 g/mol. The Kier molecular flexibility index (Phi) is 7.51. The van der Waals surface area contributed by atoms with Gasteiger partial charge in [-0.1, -0.05) is 72.6 Å². The number of nitrogens with two attached hydrogens (primary N) is 1. The zero-order chi connectivity index (χ0) is 26.1. The molecule has 2 unspecified atom stereocenters. The summed E-state index contributed by atoms with van der Waals surface area (Å²) < 4.78 is 0.945. The standard InChI is InChI=1S/C31H35BrN4/c1-8-17(3)22-12-20(6)28(21(7)13-22)26-15-23(32)16-27-29(26)35-31(36-30(27)33)34-24-10-11-25(18(4)9-2)19(5)14-24/h8,10-17,19H,1,9H2,2-7H3,(H3,33,34,35,36)/b25-18+. The largest absolute Gasteiger partial charge is 0.383 e. The number of rotatable bonds is 6. The fraction of sp³-hybridized carbons (Fsp3) is 0.290. The first-order valence-electron chi connectivity index (χ1n) is 12.5. The molecule has 4 rings (SSSR count). The number of aromatic nitrogens is 2. The molecule has 0 amide bonds. The summed E-state index contributed by atoms with van der Waals surface area (Å²) in [5.74, 6) is 1.57. The maximum Gasteiger partial charge on any atom is 0.229 e. The summed E-state index contributed by atoms with van der Waals surface area (Å²) in [5, 5.41) is 4.23. The first-order valence-corrected chi connectivity index (χ1v) is 13.3. The average molecular weight is 544 g/mol. The van der Waals surface area contributed by atoms with E-state index in [1.807, 2.05) is 12.1 Å². The maximum atomic E-state index is 6.48. The lowest BCUT2D eigenvalue weighted by molar-refractivity contribution is 0.841. The average Bonchev–Trinajstić information content (AvgIpc) is 2.83. The van der Waals surface area contributed by atoms with Gasteiger partial charge in [-0.15, -0.1) is 6.58 Å². The summed E-state index contributed by atoms with van der Waals surface area (Å²) in [4.78, 5) is 9.57. The number of hydrogen-bond donors (Lipinski definition) is 2. The zero-order valence-electron chi connectivity index (χ0n) is 22.0. The van der Waals surface area contributed by atoms with Crippen molar-refractivity contribution in [3.05, 3.63) is 93.2 Å². The molecule has 0 aliphatic heterocycles. The maximum absolute atomic E-state index is 6.48. The molecular formula is C31H35BrN4. The third-order valence-electron chi connectivity index (χ3n) is 7.14. The van der Waals surface area contributed by atoms with Gasteiger partial charge in [0.2, 0.25) is 5.95 Å². The number of nitrogens with zero attached hydrogens (tertiary/aromatic N) is 2. The Bertz CT molecular complexity index is 1420. The Morgan fingerprint density at radius 1 is 1.17 bits per heavy atom. The van der Waals surface area contributed by atoms with Crippen molar-refractivity contribution in [3.8, 4) is 11.1 Å². The van der Waals surface area contributed by atoms with Crippen LogP contribution in [0.3, 0.4) is 0 Å². The third kappa shape index (κ3) is 5.03. The van der Waals surface area contributed by atoms with Gasteiger partial charge in [-0.05, 0) is 79.1 Å². The molecule has 0 saturated carbocycles. The normalized spacial score (nSPS) is 17.6. The van der Waals surface area contributed by atoms with Crippen molar-refractivity contribution >= 4 is 38.6 Å². The molecule has 0 spiro atoms. The second-order valence-corrected chi connectivity index (χ2v) is 10.7. The molecule has 2 aromatic carbocycles. The summed E-state index contributed by atoms with van der Waals surface area (Å²) in [5.41, 5.74) is 16.9. The molecule has 0 radical (unpaired) electrons. The van der Waals surface area contributed by atoms with E-state index in [2.05, 4.69) is 111 Å². The van der Waals surface area contributed by atoms with E-state index >= 15 is 0 Å². The Morgan fingerprint density at radius 3 is 2.47 bits per heavy atom. The van der Waals surface area contributed by atoms with E-state index < -0.39 is 0 Å². The van der Waals surface area contributed by atoms with E-state index in [1.54, 1.807) is 0 Å². The number of hydrogen-bond acceptors (Lipinski definition) is 4. The van der Waals surface area contributed by atoms with Gasteiger partial charge in [-0.3, -0.25) is 0 Å². The Labute approximate surface area is 223 Å². The fourth-order valence-electron chi connectivity index (χ4n) is 4.98. The van der Waals surface area contributed by atoms with Gasteiger partial charge in [0.25, 0.3) is 0 Å². The predicted octanol–water partition coefficient (Wildman–Crippen LogP) is 8.78. The van der Waals surface area contributed by atoms with Crippen molar-refractivity contribution in [1.29, 1.82) is 0 Å². The number of halogens is 1. The van der Waals surface area contributed by atoms with Crippen molar-refractivity contribution in [2.24, 2.45) is 5.92 Å². The van der Waals surface area contributed by atoms with E-state index in [0.29, 0.717) is 23.6 Å². The van der Waals surface area contributed by atoms with Gasteiger partial charge in [0.05, 0.1) is 5.52 Å². The second kappa shape index (κ2) is 10.4. The number of nitrogens with one attached hydrogen (secondary N) is 1. The predicted molar refractivity (Wildman–Crippen MR) is 158 cm³/mol. The van der Waals surface area contributed by atoms with Crippen LogP contribution in [0.2, 0.25) is 0 Å². The number of anilines is 2. The lowest BCUT2D eigenvalue weighted by Crippen LogP contribution is -2.10. The van der Waals surface area contributed by atoms with E-state index in [4.69, 9.17) is 10.7 Å². The van der Waals surface area contributed by atoms with Crippen LogP contribution in [-0.2, 0) is 0 Å². The molecule has 3 N–H and O–H groups in total. The molecule has 5 heteroatoms. The monoisotopic (exact) mass is 542 g/mol. The van der Waals surface area contributed by atoms with Gasteiger partial charge in [0.15, 0.2) is 0 Å². The fourth-order valence-corrected chi connectivity index (χ4v) is 5.44. The summed E-state index contributed by atoms with van der Waals surface area (Å²) in [6.07, 6.45) is 9.53. The highest BCUT2D eigenvalue weighted by Gasteiger charge is 2.18. The Hall–Kier alpha value is -3.18. The van der Waals surface area contributed by atoms with Gasteiger partial charge < -0.3 is 11.1 Å². The SMILES string of the molecule is C=CC(C)c1cc(C)c(-c2cc(Br)cc3c(N)nc(NC4=CC(C)/C(=C(\C)CC)C=C4)nc23)c(C)c1. The minimum absolute atomic E-state index is 0.292. The second-order valence-electron chi connectivity index (χ2n) is 9.79. The Morgan fingerprint density at radius 2 is 1.86 bits per heavy atom. The van der Waals surface area contributed by atoms with Crippen LogP contribution in [0.5, 0.6) is 0 Å². The van der Waals surface area contributed by atoms with Crippen molar-refractivity contribution in [3.63, 3.8) is 0 Å². The molecule has 0 saturated heterocycles. The van der Waals surface area contributed by atoms with E-state index in [1.165, 1.54) is 33.4 Å². The van der Waals surface area contributed by atoms with Gasteiger partial charge >= 0.3 is 0 Å². The molecule has 1 aliphatic carbocycles. The lowest BCUT2D eigenvalue weighted by Gasteiger charge is -2.20. The van der Waals surface area contributed by atoms with Crippen LogP contribution in [0.15, 0.2) is 76.5 Å². The van der Waals surface area contributed by atoms with Crippen molar-refractivity contribution < 1.29 is 0 Å². The topological polar surface area (TPSA) is 63.8 Å². The number of fused-ring (bicyclic) bond motifs is 1. The molecule has 36 heavy (non-hydrogen) atoms. The van der Waals surface area contributed by atoms with Crippen LogP contribution in [0.4, 0.5) is 11.8 Å². The first kappa shape index (κ1) is 25.9. The highest BCUT2D eigenvalue weighted by molar-refractivity contribution is 9.10. The minimum atomic E-state index is 0.292. The quantitative estimate of drug-likeness (QED) is 0.305. The molecule has 3 aromatic rings. The number of aryl methyl sites for hydroxylation is 2. The lowest BCUT2D eigenvalue weighted by atomic mass is 9.89. The van der Waals surface area contributed by atoms with Gasteiger partial charge in [0, 0.05) is 27.0 Å². The van der Waals surface area contributed by atoms with E-state index in [-0.39, 0.29) is 0 Å². The number of nitrogen functional groups attached to an aromatic ring is 1. The van der Waals surface area contributed by atoms with E-state index in [9.17, 15) is 0 Å². The smallest absolute Gasteiger partial charge is 0.229 e. The molecule has 1 aliphatic rings. The first-order chi connectivity index (χ1) is 17.1. The zero-order valence-corrected chi connectivity index (χ0v) is 23.6. The van der Waals surface area contributed by atoms with Crippen LogP contribution in [0.25, 0.3) is 22.0 Å². The van der Waals surface area contributed by atoms with Crippen LogP contribution >= 0.6 is 15.9 Å². The molecule has 1 aromatic heterocycles. The van der Waals surface area contributed by atoms with Gasteiger partial charge in [0.1, 0.15) is 5.82 Å². The minimum Gasteiger partial charge on any atom is -0.383 e. The molecule has 2 atom stereocenters. The summed E-state index contributed by atoms with van der Waals surface area (Å²) in [6.45, 7) is 17.0. The summed E-state index contributed by atoms with van der Waals surface area (Å²) >= 11 is 3.68. The van der Waals surface area contributed by atoms with Crippen molar-refractivity contribution in [2.75, 3.05) is 11.1 Å². The van der Waals surface area contributed by atoms with Crippen LogP contribution in [0.1, 0.15) is 56.7 Å². The van der Waals surface area contributed by atoms with Crippen molar-refractivity contribution in [1.82, 2.24) is 9.97 Å². The molecule has 0 fully saturated rings. The van der Waals surface area contributed by atoms with Crippen LogP contribution in [-0.4, -0.2) is 9.97 Å². The number of benzene rings is 2.